The predicted molar refractivity (Wildman–Crippen MR) is 91.1 cm³/mol. The molecule has 4 heteroatoms. The van der Waals surface area contributed by atoms with Crippen LogP contribution in [0.3, 0.4) is 0 Å². The Balaban J connectivity index is 1.68. The van der Waals surface area contributed by atoms with Crippen molar-refractivity contribution in [1.82, 2.24) is 9.88 Å². The maximum atomic E-state index is 4.82. The van der Waals surface area contributed by atoms with E-state index < -0.39 is 0 Å². The average Bonchev–Trinajstić information content (AvgIpc) is 2.97. The van der Waals surface area contributed by atoms with Crippen molar-refractivity contribution in [3.8, 4) is 11.3 Å². The van der Waals surface area contributed by atoms with Crippen LogP contribution in [0.15, 0.2) is 35.7 Å². The van der Waals surface area contributed by atoms with Gasteiger partial charge in [0, 0.05) is 42.7 Å². The lowest BCUT2D eigenvalue weighted by molar-refractivity contribution is 0.128. The van der Waals surface area contributed by atoms with E-state index in [1.54, 1.807) is 11.3 Å². The summed E-state index contributed by atoms with van der Waals surface area (Å²) in [5, 5.41) is 3.32. The lowest BCUT2D eigenvalue weighted by Gasteiger charge is -2.42. The molecule has 1 aliphatic heterocycles. The molecule has 21 heavy (non-hydrogen) atoms. The molecule has 1 aromatic heterocycles. The molecule has 112 valence electrons. The largest absolute Gasteiger partial charge is 0.346 e. The molecular formula is C17H23N3S. The van der Waals surface area contributed by atoms with Crippen LogP contribution in [0, 0.1) is 0 Å². The molecule has 1 aliphatic rings. The Bertz CT molecular complexity index is 578. The molecule has 2 aromatic rings. The van der Waals surface area contributed by atoms with Crippen molar-refractivity contribution in [2.24, 2.45) is 0 Å². The molecule has 2 heterocycles. The van der Waals surface area contributed by atoms with E-state index in [0.717, 1.165) is 37.0 Å². The molecular weight excluding hydrogens is 278 g/mol. The first kappa shape index (κ1) is 14.5. The summed E-state index contributed by atoms with van der Waals surface area (Å²) in [5.41, 5.74) is 2.56. The van der Waals surface area contributed by atoms with Gasteiger partial charge in [0.05, 0.1) is 5.69 Å². The molecule has 0 amide bonds. The third-order valence-corrected chi connectivity index (χ3v) is 4.96. The molecule has 0 radical (unpaired) electrons. The molecule has 3 rings (SSSR count). The summed E-state index contributed by atoms with van der Waals surface area (Å²) >= 11 is 1.76. The Labute approximate surface area is 131 Å². The molecule has 3 nitrogen and oxygen atoms in total. The van der Waals surface area contributed by atoms with Crippen LogP contribution in [0.1, 0.15) is 20.8 Å². The SMILES string of the molecule is CC(C)(C)N1CCN(c2nc(-c3ccccc3)cs2)CC1. The Morgan fingerprint density at radius 1 is 1.00 bits per heavy atom. The quantitative estimate of drug-likeness (QED) is 0.842. The van der Waals surface area contributed by atoms with Crippen molar-refractivity contribution in [3.05, 3.63) is 35.7 Å². The second-order valence-corrected chi connectivity index (χ2v) is 7.36. The molecule has 0 aliphatic carbocycles. The van der Waals surface area contributed by atoms with Crippen molar-refractivity contribution in [2.75, 3.05) is 31.1 Å². The van der Waals surface area contributed by atoms with Crippen molar-refractivity contribution < 1.29 is 0 Å². The van der Waals surface area contributed by atoms with E-state index >= 15 is 0 Å². The zero-order chi connectivity index (χ0) is 14.9. The maximum Gasteiger partial charge on any atom is 0.185 e. The van der Waals surface area contributed by atoms with Crippen molar-refractivity contribution in [3.63, 3.8) is 0 Å². The van der Waals surface area contributed by atoms with Gasteiger partial charge in [-0.2, -0.15) is 0 Å². The molecule has 0 bridgehead atoms. The highest BCUT2D eigenvalue weighted by Gasteiger charge is 2.26. The van der Waals surface area contributed by atoms with Gasteiger partial charge in [0.2, 0.25) is 0 Å². The van der Waals surface area contributed by atoms with Gasteiger partial charge in [0.15, 0.2) is 5.13 Å². The average molecular weight is 301 g/mol. The Morgan fingerprint density at radius 3 is 2.29 bits per heavy atom. The van der Waals surface area contributed by atoms with Crippen LogP contribution in [0.5, 0.6) is 0 Å². The number of thiazole rings is 1. The topological polar surface area (TPSA) is 19.4 Å². The van der Waals surface area contributed by atoms with Crippen molar-refractivity contribution in [2.45, 2.75) is 26.3 Å². The zero-order valence-corrected chi connectivity index (χ0v) is 13.9. The first-order valence-electron chi connectivity index (χ1n) is 7.55. The molecule has 0 N–H and O–H groups in total. The van der Waals surface area contributed by atoms with E-state index in [1.165, 1.54) is 5.56 Å². The third-order valence-electron chi connectivity index (χ3n) is 4.06. The van der Waals surface area contributed by atoms with Crippen LogP contribution in [-0.2, 0) is 0 Å². The second-order valence-electron chi connectivity index (χ2n) is 6.53. The van der Waals surface area contributed by atoms with Crippen molar-refractivity contribution >= 4 is 16.5 Å². The first-order chi connectivity index (χ1) is 10.0. The number of piperazine rings is 1. The van der Waals surface area contributed by atoms with Gasteiger partial charge in [-0.25, -0.2) is 4.98 Å². The Morgan fingerprint density at radius 2 is 1.67 bits per heavy atom. The Hall–Kier alpha value is -1.39. The summed E-state index contributed by atoms with van der Waals surface area (Å²) in [6.45, 7) is 11.2. The van der Waals surface area contributed by atoms with Gasteiger partial charge < -0.3 is 4.90 Å². The monoisotopic (exact) mass is 301 g/mol. The van der Waals surface area contributed by atoms with Crippen LogP contribution >= 0.6 is 11.3 Å². The summed E-state index contributed by atoms with van der Waals surface area (Å²) < 4.78 is 0. The second kappa shape index (κ2) is 5.78. The Kier molecular flexibility index (Phi) is 4.00. The zero-order valence-electron chi connectivity index (χ0n) is 13.0. The summed E-state index contributed by atoms with van der Waals surface area (Å²) in [7, 11) is 0. The lowest BCUT2D eigenvalue weighted by Crippen LogP contribution is -2.53. The minimum atomic E-state index is 0.268. The third kappa shape index (κ3) is 3.27. The number of anilines is 1. The number of hydrogen-bond donors (Lipinski definition) is 0. The van der Waals surface area contributed by atoms with Gasteiger partial charge in [-0.15, -0.1) is 11.3 Å². The van der Waals surface area contributed by atoms with Crippen LogP contribution in [0.2, 0.25) is 0 Å². The molecule has 1 fully saturated rings. The molecule has 1 aromatic carbocycles. The van der Waals surface area contributed by atoms with E-state index in [-0.39, 0.29) is 5.54 Å². The highest BCUT2D eigenvalue weighted by molar-refractivity contribution is 7.14. The van der Waals surface area contributed by atoms with E-state index in [2.05, 4.69) is 60.2 Å². The molecule has 0 unspecified atom stereocenters. The standard InChI is InChI=1S/C17H23N3S/c1-17(2,3)20-11-9-19(10-12-20)16-18-15(13-21-16)14-7-5-4-6-8-14/h4-8,13H,9-12H2,1-3H3. The normalized spacial score (nSPS) is 17.2. The fourth-order valence-electron chi connectivity index (χ4n) is 2.72. The molecule has 0 atom stereocenters. The molecule has 1 saturated heterocycles. The van der Waals surface area contributed by atoms with Crippen LogP contribution < -0.4 is 4.90 Å². The van der Waals surface area contributed by atoms with Gasteiger partial charge >= 0.3 is 0 Å². The van der Waals surface area contributed by atoms with E-state index in [1.807, 2.05) is 6.07 Å². The van der Waals surface area contributed by atoms with Crippen LogP contribution in [0.25, 0.3) is 11.3 Å². The van der Waals surface area contributed by atoms with Gasteiger partial charge in [-0.3, -0.25) is 4.90 Å². The van der Waals surface area contributed by atoms with E-state index in [4.69, 9.17) is 4.98 Å². The smallest absolute Gasteiger partial charge is 0.185 e. The predicted octanol–water partition coefficient (Wildman–Crippen LogP) is 3.73. The number of rotatable bonds is 2. The summed E-state index contributed by atoms with van der Waals surface area (Å²) in [4.78, 5) is 9.78. The fourth-order valence-corrected chi connectivity index (χ4v) is 3.61. The van der Waals surface area contributed by atoms with E-state index in [0.29, 0.717) is 0 Å². The molecule has 0 saturated carbocycles. The highest BCUT2D eigenvalue weighted by atomic mass is 32.1. The lowest BCUT2D eigenvalue weighted by atomic mass is 10.1. The summed E-state index contributed by atoms with van der Waals surface area (Å²) in [6.07, 6.45) is 0. The summed E-state index contributed by atoms with van der Waals surface area (Å²) in [5.74, 6) is 0. The molecule has 0 spiro atoms. The number of benzene rings is 1. The van der Waals surface area contributed by atoms with Gasteiger partial charge in [0.25, 0.3) is 0 Å². The van der Waals surface area contributed by atoms with Gasteiger partial charge in [-0.05, 0) is 20.8 Å². The van der Waals surface area contributed by atoms with Gasteiger partial charge in [0.1, 0.15) is 0 Å². The van der Waals surface area contributed by atoms with Crippen LogP contribution in [0.4, 0.5) is 5.13 Å². The number of hydrogen-bond acceptors (Lipinski definition) is 4. The summed E-state index contributed by atoms with van der Waals surface area (Å²) in [6, 6.07) is 10.4. The van der Waals surface area contributed by atoms with E-state index in [9.17, 15) is 0 Å². The van der Waals surface area contributed by atoms with Crippen LogP contribution in [-0.4, -0.2) is 41.6 Å². The minimum Gasteiger partial charge on any atom is -0.346 e. The first-order valence-corrected chi connectivity index (χ1v) is 8.43. The van der Waals surface area contributed by atoms with Crippen molar-refractivity contribution in [1.29, 1.82) is 0 Å². The highest BCUT2D eigenvalue weighted by Crippen LogP contribution is 2.28. The van der Waals surface area contributed by atoms with Gasteiger partial charge in [-0.1, -0.05) is 30.3 Å². The maximum absolute atomic E-state index is 4.82. The minimum absolute atomic E-state index is 0.268. The number of aromatic nitrogens is 1. The number of nitrogens with zero attached hydrogens (tertiary/aromatic N) is 3. The fraction of sp³-hybridized carbons (Fsp3) is 0.471.